The van der Waals surface area contributed by atoms with Crippen LogP contribution in [-0.4, -0.2) is 10.2 Å². The summed E-state index contributed by atoms with van der Waals surface area (Å²) in [7, 11) is 0. The number of aromatic nitrogens is 2. The lowest BCUT2D eigenvalue weighted by molar-refractivity contribution is 0.116. The third-order valence-corrected chi connectivity index (χ3v) is 2.40. The van der Waals surface area contributed by atoms with Crippen molar-refractivity contribution in [1.29, 1.82) is 0 Å². The average Bonchev–Trinajstić information content (AvgIpc) is 2.77. The molecular weight excluding hydrogens is 266 g/mol. The number of nitrogens with one attached hydrogen (secondary N) is 1. The average molecular weight is 275 g/mol. The van der Waals surface area contributed by atoms with Crippen LogP contribution in [-0.2, 0) is 0 Å². The first-order chi connectivity index (χ1) is 8.97. The highest BCUT2D eigenvalue weighted by Crippen LogP contribution is 2.24. The van der Waals surface area contributed by atoms with E-state index in [0.29, 0.717) is 0 Å². The van der Waals surface area contributed by atoms with Crippen LogP contribution in [0.15, 0.2) is 22.6 Å². The van der Waals surface area contributed by atoms with E-state index in [1.54, 1.807) is 6.92 Å². The van der Waals surface area contributed by atoms with Crippen LogP contribution in [0.25, 0.3) is 0 Å². The zero-order valence-electron chi connectivity index (χ0n) is 9.70. The Balaban J connectivity index is 2.13. The van der Waals surface area contributed by atoms with E-state index >= 15 is 0 Å². The van der Waals surface area contributed by atoms with Crippen LogP contribution >= 0.6 is 0 Å². The molecular formula is C11H9F4N3O. The molecule has 1 N–H and O–H groups in total. The topological polar surface area (TPSA) is 51.0 Å². The summed E-state index contributed by atoms with van der Waals surface area (Å²) >= 11 is 0. The quantitative estimate of drug-likeness (QED) is 0.868. The van der Waals surface area contributed by atoms with Crippen molar-refractivity contribution in [3.63, 3.8) is 0 Å². The molecule has 2 rings (SSSR count). The number of nitrogens with zero attached hydrogens (tertiary/aromatic N) is 2. The van der Waals surface area contributed by atoms with Gasteiger partial charge in [0.1, 0.15) is 11.6 Å². The van der Waals surface area contributed by atoms with Gasteiger partial charge >= 0.3 is 12.4 Å². The summed E-state index contributed by atoms with van der Waals surface area (Å²) in [5.41, 5.74) is 0.151. The van der Waals surface area contributed by atoms with Gasteiger partial charge in [0.2, 0.25) is 0 Å². The smallest absolute Gasteiger partial charge is 0.316 e. The summed E-state index contributed by atoms with van der Waals surface area (Å²) in [6.45, 7) is 1.54. The van der Waals surface area contributed by atoms with Crippen molar-refractivity contribution < 1.29 is 22.0 Å². The minimum atomic E-state index is -2.87. The number of hydrogen-bond donors (Lipinski definition) is 1. The normalized spacial score (nSPS) is 12.7. The summed E-state index contributed by atoms with van der Waals surface area (Å²) in [5.74, 6) is -2.28. The Morgan fingerprint density at radius 1 is 1.21 bits per heavy atom. The number of anilines is 1. The van der Waals surface area contributed by atoms with E-state index in [4.69, 9.17) is 0 Å². The Morgan fingerprint density at radius 2 is 1.95 bits per heavy atom. The molecule has 1 aromatic carbocycles. The summed E-state index contributed by atoms with van der Waals surface area (Å²) in [5, 5.41) is 9.02. The second-order valence-corrected chi connectivity index (χ2v) is 3.78. The SMILES string of the molecule is C[C@@H](Nc1nnc(C(F)F)o1)c1ccc(F)cc1F. The Bertz CT molecular complexity index is 573. The predicted octanol–water partition coefficient (Wildman–Crippen LogP) is 3.46. The monoisotopic (exact) mass is 275 g/mol. The lowest BCUT2D eigenvalue weighted by Gasteiger charge is -2.12. The molecule has 8 heteroatoms. The van der Waals surface area contributed by atoms with Crippen LogP contribution < -0.4 is 5.32 Å². The molecule has 2 aromatic rings. The van der Waals surface area contributed by atoms with Gasteiger partial charge in [-0.1, -0.05) is 11.2 Å². The maximum Gasteiger partial charge on any atom is 0.316 e. The molecule has 0 aliphatic rings. The first kappa shape index (κ1) is 13.3. The molecule has 4 nitrogen and oxygen atoms in total. The molecule has 0 amide bonds. The van der Waals surface area contributed by atoms with Gasteiger partial charge in [-0.05, 0) is 13.0 Å². The molecule has 0 fully saturated rings. The van der Waals surface area contributed by atoms with Crippen molar-refractivity contribution in [3.05, 3.63) is 41.3 Å². The molecule has 0 bridgehead atoms. The fraction of sp³-hybridized carbons (Fsp3) is 0.273. The van der Waals surface area contributed by atoms with Crippen molar-refractivity contribution in [2.75, 3.05) is 5.32 Å². The van der Waals surface area contributed by atoms with E-state index in [9.17, 15) is 17.6 Å². The number of halogens is 4. The van der Waals surface area contributed by atoms with E-state index in [1.165, 1.54) is 6.07 Å². The maximum absolute atomic E-state index is 13.5. The van der Waals surface area contributed by atoms with Crippen LogP contribution in [0.3, 0.4) is 0 Å². The Kier molecular flexibility index (Phi) is 3.68. The van der Waals surface area contributed by atoms with Crippen LogP contribution in [0.1, 0.15) is 30.8 Å². The summed E-state index contributed by atoms with van der Waals surface area (Å²) in [4.78, 5) is 0. The Hall–Kier alpha value is -2.12. The van der Waals surface area contributed by atoms with Crippen molar-refractivity contribution in [1.82, 2.24) is 10.2 Å². The van der Waals surface area contributed by atoms with E-state index in [-0.39, 0.29) is 11.6 Å². The zero-order valence-corrected chi connectivity index (χ0v) is 9.70. The number of alkyl halides is 2. The van der Waals surface area contributed by atoms with E-state index in [2.05, 4.69) is 19.9 Å². The molecule has 0 radical (unpaired) electrons. The molecule has 1 heterocycles. The van der Waals surface area contributed by atoms with Gasteiger partial charge in [0.25, 0.3) is 5.89 Å². The van der Waals surface area contributed by atoms with Gasteiger partial charge < -0.3 is 9.73 Å². The first-order valence-corrected chi connectivity index (χ1v) is 5.30. The standard InChI is InChI=1S/C11H9F4N3O/c1-5(7-3-2-6(12)4-8(7)13)16-11-18-17-10(19-11)9(14)15/h2-5,9H,1H3,(H,16,18)/t5-/m1/s1. The van der Waals surface area contributed by atoms with Gasteiger partial charge in [0.15, 0.2) is 0 Å². The molecule has 0 saturated carbocycles. The fourth-order valence-corrected chi connectivity index (χ4v) is 1.50. The van der Waals surface area contributed by atoms with Gasteiger partial charge in [-0.15, -0.1) is 5.10 Å². The molecule has 0 unspecified atom stereocenters. The minimum Gasteiger partial charge on any atom is -0.402 e. The van der Waals surface area contributed by atoms with Crippen molar-refractivity contribution in [2.24, 2.45) is 0 Å². The van der Waals surface area contributed by atoms with Crippen molar-refractivity contribution >= 4 is 6.01 Å². The molecule has 1 aromatic heterocycles. The summed E-state index contributed by atoms with van der Waals surface area (Å²) in [6, 6.07) is 2.16. The van der Waals surface area contributed by atoms with Crippen LogP contribution in [0.5, 0.6) is 0 Å². The highest BCUT2D eigenvalue weighted by molar-refractivity contribution is 5.29. The van der Waals surface area contributed by atoms with Gasteiger partial charge in [-0.25, -0.2) is 8.78 Å². The molecule has 0 saturated heterocycles. The highest BCUT2D eigenvalue weighted by atomic mass is 19.3. The summed E-state index contributed by atoms with van der Waals surface area (Å²) < 4.78 is 55.3. The third kappa shape index (κ3) is 3.01. The van der Waals surface area contributed by atoms with Gasteiger partial charge in [-0.2, -0.15) is 8.78 Å². The maximum atomic E-state index is 13.5. The van der Waals surface area contributed by atoms with Gasteiger partial charge in [0.05, 0.1) is 6.04 Å². The van der Waals surface area contributed by atoms with E-state index in [1.807, 2.05) is 0 Å². The second kappa shape index (κ2) is 5.25. The number of rotatable bonds is 4. The van der Waals surface area contributed by atoms with Crippen LogP contribution in [0, 0.1) is 11.6 Å². The molecule has 0 spiro atoms. The van der Waals surface area contributed by atoms with Crippen LogP contribution in [0.2, 0.25) is 0 Å². The van der Waals surface area contributed by atoms with E-state index in [0.717, 1.165) is 12.1 Å². The van der Waals surface area contributed by atoms with Crippen LogP contribution in [0.4, 0.5) is 23.6 Å². The lowest BCUT2D eigenvalue weighted by atomic mass is 10.1. The van der Waals surface area contributed by atoms with Crippen molar-refractivity contribution in [2.45, 2.75) is 19.4 Å². The van der Waals surface area contributed by atoms with Gasteiger partial charge in [0, 0.05) is 11.6 Å². The summed E-state index contributed by atoms with van der Waals surface area (Å²) in [6.07, 6.45) is -2.87. The Labute approximate surface area is 105 Å². The van der Waals surface area contributed by atoms with E-state index < -0.39 is 30.0 Å². The largest absolute Gasteiger partial charge is 0.402 e. The minimum absolute atomic E-state index is 0.151. The van der Waals surface area contributed by atoms with Gasteiger partial charge in [-0.3, -0.25) is 0 Å². The molecule has 102 valence electrons. The Morgan fingerprint density at radius 3 is 2.53 bits per heavy atom. The predicted molar refractivity (Wildman–Crippen MR) is 57.7 cm³/mol. The first-order valence-electron chi connectivity index (χ1n) is 5.30. The molecule has 0 aliphatic heterocycles. The lowest BCUT2D eigenvalue weighted by Crippen LogP contribution is -2.09. The number of benzene rings is 1. The molecule has 0 aliphatic carbocycles. The number of hydrogen-bond acceptors (Lipinski definition) is 4. The highest BCUT2D eigenvalue weighted by Gasteiger charge is 2.18. The molecule has 19 heavy (non-hydrogen) atoms. The third-order valence-electron chi connectivity index (χ3n) is 2.40. The van der Waals surface area contributed by atoms with Crippen molar-refractivity contribution in [3.8, 4) is 0 Å². The zero-order chi connectivity index (χ0) is 14.0. The molecule has 1 atom stereocenters. The second-order valence-electron chi connectivity index (χ2n) is 3.78. The fourth-order valence-electron chi connectivity index (χ4n) is 1.50.